The molecule has 0 saturated heterocycles. The van der Waals surface area contributed by atoms with Gasteiger partial charge >= 0.3 is 0 Å². The van der Waals surface area contributed by atoms with Gasteiger partial charge in [-0.25, -0.2) is 0 Å². The van der Waals surface area contributed by atoms with Crippen LogP contribution in [0.2, 0.25) is 0 Å². The van der Waals surface area contributed by atoms with Gasteiger partial charge in [-0.05, 0) is 12.0 Å². The predicted octanol–water partition coefficient (Wildman–Crippen LogP) is 0.820. The van der Waals surface area contributed by atoms with Crippen LogP contribution in [0.1, 0.15) is 0 Å². The second-order valence-corrected chi connectivity index (χ2v) is 0.548. The molecule has 1 radical (unpaired) electrons. The fourth-order valence-corrected chi connectivity index (χ4v) is 0. The van der Waals surface area contributed by atoms with Crippen LogP contribution in [0.4, 0.5) is 0 Å². The molecule has 0 aromatic carbocycles. The maximum atomic E-state index is 7.49. The van der Waals surface area contributed by atoms with Crippen molar-refractivity contribution < 1.29 is 26.9 Å². The summed E-state index contributed by atoms with van der Waals surface area (Å²) in [4.78, 5) is 0. The smallest absolute Gasteiger partial charge is 0.00795 e. The SMILES string of the molecule is CSO.[Ag]. The molecule has 4 heavy (non-hydrogen) atoms. The molecule has 0 saturated carbocycles. The topological polar surface area (TPSA) is 20.2 Å². The molecule has 3 heteroatoms. The summed E-state index contributed by atoms with van der Waals surface area (Å²) in [5, 5.41) is 0. The third kappa shape index (κ3) is 11.6. The van der Waals surface area contributed by atoms with E-state index in [-0.39, 0.29) is 22.4 Å². The summed E-state index contributed by atoms with van der Waals surface area (Å²) in [6, 6.07) is 0. The first kappa shape index (κ1) is 8.90. The van der Waals surface area contributed by atoms with Gasteiger partial charge in [0.25, 0.3) is 0 Å². The molecule has 1 N–H and O–H groups in total. The second kappa shape index (κ2) is 8.96. The monoisotopic (exact) mass is 171 g/mol. The Labute approximate surface area is 45.5 Å². The van der Waals surface area contributed by atoms with Gasteiger partial charge in [0.2, 0.25) is 0 Å². The molecule has 0 fully saturated rings. The molecular formula is CH4AgOS. The average Bonchev–Trinajstić information content (AvgIpc) is 0.918. The first-order valence-electron chi connectivity index (χ1n) is 0.591. The zero-order chi connectivity index (χ0) is 2.71. The molecule has 31 valence electrons. The molecule has 0 unspecified atom stereocenters. The maximum absolute atomic E-state index is 7.49. The minimum Gasteiger partial charge on any atom is -0.330 e. The Morgan fingerprint density at radius 2 is 1.75 bits per heavy atom. The Balaban J connectivity index is 0. The van der Waals surface area contributed by atoms with Crippen LogP contribution in [-0.2, 0) is 22.4 Å². The van der Waals surface area contributed by atoms with Crippen molar-refractivity contribution in [3.63, 3.8) is 0 Å². The van der Waals surface area contributed by atoms with E-state index in [1.807, 2.05) is 0 Å². The van der Waals surface area contributed by atoms with Crippen molar-refractivity contribution in [2.24, 2.45) is 0 Å². The third-order valence-electron chi connectivity index (χ3n) is 0. The van der Waals surface area contributed by atoms with Crippen molar-refractivity contribution in [3.8, 4) is 0 Å². The number of hydrogen-bond acceptors (Lipinski definition) is 2. The maximum Gasteiger partial charge on any atom is 0.00795 e. The van der Waals surface area contributed by atoms with Crippen molar-refractivity contribution in [1.82, 2.24) is 0 Å². The van der Waals surface area contributed by atoms with E-state index in [1.54, 1.807) is 6.26 Å². The van der Waals surface area contributed by atoms with Crippen molar-refractivity contribution in [2.45, 2.75) is 0 Å². The Morgan fingerprint density at radius 1 is 1.75 bits per heavy atom. The van der Waals surface area contributed by atoms with Gasteiger partial charge in [-0.3, -0.25) is 0 Å². The van der Waals surface area contributed by atoms with E-state index < -0.39 is 0 Å². The predicted molar refractivity (Wildman–Crippen MR) is 16.1 cm³/mol. The van der Waals surface area contributed by atoms with Crippen molar-refractivity contribution >= 4 is 12.0 Å². The average molecular weight is 172 g/mol. The first-order chi connectivity index (χ1) is 1.41. The van der Waals surface area contributed by atoms with Crippen LogP contribution >= 0.6 is 12.0 Å². The molecule has 0 aliphatic carbocycles. The van der Waals surface area contributed by atoms with Gasteiger partial charge in [0.1, 0.15) is 0 Å². The third-order valence-corrected chi connectivity index (χ3v) is 0. The van der Waals surface area contributed by atoms with Crippen molar-refractivity contribution in [2.75, 3.05) is 6.26 Å². The van der Waals surface area contributed by atoms with Gasteiger partial charge in [-0.1, -0.05) is 0 Å². The Hall–Kier alpha value is 1.05. The van der Waals surface area contributed by atoms with E-state index in [0.29, 0.717) is 0 Å². The quantitative estimate of drug-likeness (QED) is 0.431. The van der Waals surface area contributed by atoms with Crippen LogP contribution in [0.25, 0.3) is 0 Å². The standard InChI is InChI=1S/CH4OS.Ag/c1-3-2;/h2H,1H3;. The van der Waals surface area contributed by atoms with Gasteiger partial charge in [0.15, 0.2) is 0 Å². The minimum atomic E-state index is 0. The first-order valence-corrected chi connectivity index (χ1v) is 1.77. The zero-order valence-electron chi connectivity index (χ0n) is 2.16. The van der Waals surface area contributed by atoms with Gasteiger partial charge in [-0.2, -0.15) is 0 Å². The Morgan fingerprint density at radius 3 is 1.75 bits per heavy atom. The van der Waals surface area contributed by atoms with Crippen LogP contribution in [0.3, 0.4) is 0 Å². The van der Waals surface area contributed by atoms with Crippen LogP contribution < -0.4 is 0 Å². The largest absolute Gasteiger partial charge is 0.330 e. The van der Waals surface area contributed by atoms with E-state index in [2.05, 4.69) is 0 Å². The Kier molecular flexibility index (Phi) is 20.0. The molecule has 1 nitrogen and oxygen atoms in total. The normalized spacial score (nSPS) is 4.50. The van der Waals surface area contributed by atoms with E-state index in [1.165, 1.54) is 0 Å². The molecule has 0 aliphatic rings. The summed E-state index contributed by atoms with van der Waals surface area (Å²) >= 11 is 0.750. The summed E-state index contributed by atoms with van der Waals surface area (Å²) in [5.74, 6) is 0. The summed E-state index contributed by atoms with van der Waals surface area (Å²) in [7, 11) is 0. The molecule has 0 rings (SSSR count). The molecule has 0 bridgehead atoms. The van der Waals surface area contributed by atoms with Gasteiger partial charge in [0.05, 0.1) is 0 Å². The van der Waals surface area contributed by atoms with E-state index in [9.17, 15) is 0 Å². The molecule has 0 aliphatic heterocycles. The van der Waals surface area contributed by atoms with E-state index >= 15 is 0 Å². The fraction of sp³-hybridized carbons (Fsp3) is 1.00. The van der Waals surface area contributed by atoms with E-state index in [0.717, 1.165) is 12.0 Å². The molecule has 0 atom stereocenters. The zero-order valence-corrected chi connectivity index (χ0v) is 4.46. The second-order valence-electron chi connectivity index (χ2n) is 0.183. The summed E-state index contributed by atoms with van der Waals surface area (Å²) in [6.45, 7) is 0. The summed E-state index contributed by atoms with van der Waals surface area (Å²) in [6.07, 6.45) is 1.60. The molecule has 0 amide bonds. The van der Waals surface area contributed by atoms with Crippen LogP contribution in [0.5, 0.6) is 0 Å². The molecule has 0 heterocycles. The molecule has 0 spiro atoms. The number of hydrogen-bond donors (Lipinski definition) is 1. The molecule has 0 aromatic heterocycles. The van der Waals surface area contributed by atoms with Crippen molar-refractivity contribution in [1.29, 1.82) is 0 Å². The van der Waals surface area contributed by atoms with Crippen molar-refractivity contribution in [3.05, 3.63) is 0 Å². The molecule has 0 aromatic rings. The van der Waals surface area contributed by atoms with Crippen LogP contribution in [0.15, 0.2) is 0 Å². The Bertz CT molecular complexity index is 8.00. The fourth-order valence-electron chi connectivity index (χ4n) is 0. The van der Waals surface area contributed by atoms with E-state index in [4.69, 9.17) is 4.55 Å². The van der Waals surface area contributed by atoms with Crippen LogP contribution in [-0.4, -0.2) is 10.8 Å². The summed E-state index contributed by atoms with van der Waals surface area (Å²) < 4.78 is 7.49. The summed E-state index contributed by atoms with van der Waals surface area (Å²) in [5.41, 5.74) is 0. The number of rotatable bonds is 0. The van der Waals surface area contributed by atoms with Crippen LogP contribution in [0, 0.1) is 0 Å². The van der Waals surface area contributed by atoms with Gasteiger partial charge in [0, 0.05) is 28.6 Å². The minimum absolute atomic E-state index is 0. The van der Waals surface area contributed by atoms with Gasteiger partial charge < -0.3 is 4.55 Å². The van der Waals surface area contributed by atoms with Gasteiger partial charge in [-0.15, -0.1) is 0 Å². The molecular weight excluding hydrogens is 168 g/mol.